The maximum absolute atomic E-state index is 13.6. The van der Waals surface area contributed by atoms with Gasteiger partial charge in [-0.2, -0.15) is 0 Å². The fourth-order valence-electron chi connectivity index (χ4n) is 3.67. The summed E-state index contributed by atoms with van der Waals surface area (Å²) in [5.41, 5.74) is 1.17. The minimum Gasteiger partial charge on any atom is -0.309 e. The van der Waals surface area contributed by atoms with E-state index in [9.17, 15) is 4.39 Å². The molecule has 0 aromatic heterocycles. The lowest BCUT2D eigenvalue weighted by Crippen LogP contribution is -2.54. The van der Waals surface area contributed by atoms with Gasteiger partial charge in [-0.25, -0.2) is 4.39 Å². The van der Waals surface area contributed by atoms with Crippen molar-refractivity contribution < 1.29 is 4.39 Å². The summed E-state index contributed by atoms with van der Waals surface area (Å²) in [6, 6.07) is 7.28. The molecule has 2 rings (SSSR count). The maximum atomic E-state index is 13.6. The first kappa shape index (κ1) is 15.5. The summed E-state index contributed by atoms with van der Waals surface area (Å²) in [5.74, 6) is -0.143. The smallest absolute Gasteiger partial charge is 0.123 e. The Labute approximate surface area is 122 Å². The van der Waals surface area contributed by atoms with E-state index in [1.165, 1.54) is 38.2 Å². The third-order valence-corrected chi connectivity index (χ3v) is 4.74. The van der Waals surface area contributed by atoms with E-state index in [-0.39, 0.29) is 17.4 Å². The van der Waals surface area contributed by atoms with Gasteiger partial charge in [-0.3, -0.25) is 0 Å². The normalized spacial score (nSPS) is 20.1. The molecule has 1 fully saturated rings. The Bertz CT molecular complexity index is 425. The molecule has 1 aliphatic carbocycles. The topological polar surface area (TPSA) is 15.3 Å². The molecular weight excluding hydrogens is 251 g/mol. The first-order valence-electron chi connectivity index (χ1n) is 7.76. The van der Waals surface area contributed by atoms with E-state index < -0.39 is 0 Å². The summed E-state index contributed by atoms with van der Waals surface area (Å²) < 4.78 is 13.6. The molecule has 3 heteroatoms. The van der Waals surface area contributed by atoms with Crippen molar-refractivity contribution in [2.75, 3.05) is 20.6 Å². The molecule has 1 aliphatic rings. The standard InChI is InChI=1S/C17H27FN2/c1-4-19-16(14-9-8-10-15(18)13-14)17(20(2)3)11-6-5-7-12-17/h8-10,13,16,19H,4-7,11-12H2,1-3H3. The minimum absolute atomic E-state index is 0.0993. The summed E-state index contributed by atoms with van der Waals surface area (Å²) in [4.78, 5) is 2.35. The Morgan fingerprint density at radius 1 is 1.25 bits per heavy atom. The minimum atomic E-state index is -0.143. The Balaban J connectivity index is 2.38. The van der Waals surface area contributed by atoms with Crippen molar-refractivity contribution in [3.8, 4) is 0 Å². The van der Waals surface area contributed by atoms with E-state index in [0.717, 1.165) is 12.1 Å². The molecule has 0 radical (unpaired) electrons. The largest absolute Gasteiger partial charge is 0.309 e. The monoisotopic (exact) mass is 278 g/mol. The van der Waals surface area contributed by atoms with Gasteiger partial charge < -0.3 is 10.2 Å². The molecule has 0 bridgehead atoms. The lowest BCUT2D eigenvalue weighted by atomic mass is 9.73. The predicted octanol–water partition coefficient (Wildman–Crippen LogP) is 3.74. The molecule has 0 saturated heterocycles. The zero-order chi connectivity index (χ0) is 14.6. The van der Waals surface area contributed by atoms with Crippen LogP contribution in [0.3, 0.4) is 0 Å². The fourth-order valence-corrected chi connectivity index (χ4v) is 3.67. The quantitative estimate of drug-likeness (QED) is 0.882. The van der Waals surface area contributed by atoms with Gasteiger partial charge in [0.05, 0.1) is 6.04 Å². The van der Waals surface area contributed by atoms with Crippen LogP contribution in [0.2, 0.25) is 0 Å². The van der Waals surface area contributed by atoms with Gasteiger partial charge in [0.25, 0.3) is 0 Å². The van der Waals surface area contributed by atoms with Crippen molar-refractivity contribution in [2.45, 2.75) is 50.6 Å². The summed E-state index contributed by atoms with van der Waals surface area (Å²) in [6.07, 6.45) is 6.19. The SMILES string of the molecule is CCNC(c1cccc(F)c1)C1(N(C)C)CCCCC1. The Kier molecular flexibility index (Phi) is 5.17. The number of nitrogens with zero attached hydrogens (tertiary/aromatic N) is 1. The zero-order valence-corrected chi connectivity index (χ0v) is 13.0. The van der Waals surface area contributed by atoms with Crippen molar-refractivity contribution in [3.05, 3.63) is 35.6 Å². The number of likely N-dealkylation sites (N-methyl/N-ethyl adjacent to an activating group) is 2. The van der Waals surface area contributed by atoms with Gasteiger partial charge in [0.1, 0.15) is 5.82 Å². The first-order chi connectivity index (χ1) is 9.60. The highest BCUT2D eigenvalue weighted by Crippen LogP contribution is 2.42. The zero-order valence-electron chi connectivity index (χ0n) is 13.0. The second kappa shape index (κ2) is 6.68. The van der Waals surface area contributed by atoms with Crippen LogP contribution in [-0.4, -0.2) is 31.1 Å². The molecule has 0 spiro atoms. The van der Waals surface area contributed by atoms with E-state index in [0.29, 0.717) is 0 Å². The van der Waals surface area contributed by atoms with Gasteiger partial charge in [0.2, 0.25) is 0 Å². The van der Waals surface area contributed by atoms with E-state index in [4.69, 9.17) is 0 Å². The highest BCUT2D eigenvalue weighted by molar-refractivity contribution is 5.25. The third kappa shape index (κ3) is 3.04. The number of rotatable bonds is 5. The Morgan fingerprint density at radius 3 is 2.50 bits per heavy atom. The van der Waals surface area contributed by atoms with Gasteiger partial charge in [0, 0.05) is 5.54 Å². The van der Waals surface area contributed by atoms with Crippen LogP contribution in [0.15, 0.2) is 24.3 Å². The van der Waals surface area contributed by atoms with Gasteiger partial charge >= 0.3 is 0 Å². The molecule has 0 aliphatic heterocycles. The summed E-state index contributed by atoms with van der Waals surface area (Å²) >= 11 is 0. The highest BCUT2D eigenvalue weighted by atomic mass is 19.1. The molecule has 1 aromatic rings. The first-order valence-corrected chi connectivity index (χ1v) is 7.76. The Hall–Kier alpha value is -0.930. The number of halogens is 1. The van der Waals surface area contributed by atoms with Crippen LogP contribution in [0.1, 0.15) is 50.6 Å². The van der Waals surface area contributed by atoms with Crippen molar-refractivity contribution in [3.63, 3.8) is 0 Å². The molecule has 0 heterocycles. The molecule has 1 aromatic carbocycles. The van der Waals surface area contributed by atoms with E-state index >= 15 is 0 Å². The van der Waals surface area contributed by atoms with Crippen LogP contribution in [0.4, 0.5) is 4.39 Å². The molecule has 0 amide bonds. The summed E-state index contributed by atoms with van der Waals surface area (Å²) in [7, 11) is 4.32. The van der Waals surface area contributed by atoms with Crippen LogP contribution >= 0.6 is 0 Å². The third-order valence-electron chi connectivity index (χ3n) is 4.74. The van der Waals surface area contributed by atoms with Crippen LogP contribution in [0, 0.1) is 5.82 Å². The number of benzene rings is 1. The summed E-state index contributed by atoms with van der Waals surface area (Å²) in [6.45, 7) is 3.02. The van der Waals surface area contributed by atoms with Crippen molar-refractivity contribution >= 4 is 0 Å². The van der Waals surface area contributed by atoms with Gasteiger partial charge in [-0.05, 0) is 51.2 Å². The van der Waals surface area contributed by atoms with Crippen molar-refractivity contribution in [1.29, 1.82) is 0 Å². The lowest BCUT2D eigenvalue weighted by Gasteiger charge is -2.49. The van der Waals surface area contributed by atoms with Crippen LogP contribution < -0.4 is 5.32 Å². The average molecular weight is 278 g/mol. The van der Waals surface area contributed by atoms with Crippen LogP contribution in [0.5, 0.6) is 0 Å². The average Bonchev–Trinajstić information content (AvgIpc) is 2.45. The molecule has 1 saturated carbocycles. The second-order valence-corrected chi connectivity index (χ2v) is 6.10. The molecule has 1 atom stereocenters. The number of hydrogen-bond acceptors (Lipinski definition) is 2. The fraction of sp³-hybridized carbons (Fsp3) is 0.647. The Morgan fingerprint density at radius 2 is 1.95 bits per heavy atom. The van der Waals surface area contributed by atoms with Gasteiger partial charge in [-0.15, -0.1) is 0 Å². The van der Waals surface area contributed by atoms with Gasteiger partial charge in [0.15, 0.2) is 0 Å². The van der Waals surface area contributed by atoms with Crippen molar-refractivity contribution in [1.82, 2.24) is 10.2 Å². The van der Waals surface area contributed by atoms with Crippen LogP contribution in [0.25, 0.3) is 0 Å². The highest BCUT2D eigenvalue weighted by Gasteiger charge is 2.42. The predicted molar refractivity (Wildman–Crippen MR) is 82.3 cm³/mol. The molecule has 20 heavy (non-hydrogen) atoms. The molecule has 112 valence electrons. The second-order valence-electron chi connectivity index (χ2n) is 6.10. The molecule has 2 nitrogen and oxygen atoms in total. The van der Waals surface area contributed by atoms with Crippen LogP contribution in [-0.2, 0) is 0 Å². The van der Waals surface area contributed by atoms with Gasteiger partial charge in [-0.1, -0.05) is 38.3 Å². The van der Waals surface area contributed by atoms with E-state index in [1.54, 1.807) is 6.07 Å². The van der Waals surface area contributed by atoms with E-state index in [1.807, 2.05) is 6.07 Å². The number of hydrogen-bond donors (Lipinski definition) is 1. The number of nitrogens with one attached hydrogen (secondary N) is 1. The van der Waals surface area contributed by atoms with Crippen molar-refractivity contribution in [2.24, 2.45) is 0 Å². The lowest BCUT2D eigenvalue weighted by molar-refractivity contribution is 0.0569. The summed E-state index contributed by atoms with van der Waals surface area (Å²) in [5, 5.41) is 3.61. The molecule has 1 N–H and O–H groups in total. The maximum Gasteiger partial charge on any atom is 0.123 e. The molecule has 1 unspecified atom stereocenters. The molecular formula is C17H27FN2. The van der Waals surface area contributed by atoms with E-state index in [2.05, 4.69) is 37.3 Å².